The molecule has 0 aliphatic rings. The highest BCUT2D eigenvalue weighted by Gasteiger charge is 1.91. The lowest BCUT2D eigenvalue weighted by Gasteiger charge is -1.88. The smallest absolute Gasteiger partial charge is 0.187 e. The van der Waals surface area contributed by atoms with E-state index < -0.39 is 0 Å². The third-order valence-corrected chi connectivity index (χ3v) is 1.17. The number of halogens is 1. The summed E-state index contributed by atoms with van der Waals surface area (Å²) < 4.78 is 2.12. The van der Waals surface area contributed by atoms with Crippen molar-refractivity contribution < 1.29 is 28.5 Å². The van der Waals surface area contributed by atoms with Crippen LogP contribution >= 0.6 is 0 Å². The van der Waals surface area contributed by atoms with Crippen LogP contribution in [-0.4, -0.2) is 4.98 Å². The Morgan fingerprint density at radius 3 is 2.40 bits per heavy atom. The van der Waals surface area contributed by atoms with Crippen molar-refractivity contribution in [2.24, 2.45) is 0 Å². The second kappa shape index (κ2) is 5.58. The van der Waals surface area contributed by atoms with Crippen LogP contribution in [0.25, 0.3) is 0 Å². The maximum absolute atomic E-state index is 3.91. The molecule has 2 nitrogen and oxygen atoms in total. The van der Waals surface area contributed by atoms with Gasteiger partial charge in [0.2, 0.25) is 0 Å². The molecule has 1 rings (SSSR count). The van der Waals surface area contributed by atoms with Gasteiger partial charge in [-0.3, -0.25) is 4.98 Å². The Hall–Kier alpha value is -0.190. The second-order valence-electron chi connectivity index (χ2n) is 1.98. The first kappa shape index (κ1) is 9.81. The van der Waals surface area contributed by atoms with Gasteiger partial charge in [0.05, 0.1) is 12.4 Å². The van der Waals surface area contributed by atoms with Gasteiger partial charge in [-0.1, -0.05) is 6.92 Å². The van der Waals surface area contributed by atoms with E-state index in [1.165, 1.54) is 6.42 Å². The van der Waals surface area contributed by atoms with Crippen molar-refractivity contribution in [3.05, 3.63) is 24.8 Å². The van der Waals surface area contributed by atoms with Crippen molar-refractivity contribution in [1.29, 1.82) is 0 Å². The summed E-state index contributed by atoms with van der Waals surface area (Å²) in [6, 6.07) is 0. The van der Waals surface area contributed by atoms with Gasteiger partial charge in [0.15, 0.2) is 12.4 Å². The van der Waals surface area contributed by atoms with Crippen molar-refractivity contribution in [1.82, 2.24) is 4.98 Å². The summed E-state index contributed by atoms with van der Waals surface area (Å²) in [6.07, 6.45) is 8.73. The van der Waals surface area contributed by atoms with Crippen molar-refractivity contribution in [3.63, 3.8) is 0 Å². The molecule has 1 heterocycles. The molecule has 0 aromatic carbocycles. The molecule has 56 valence electrons. The van der Waals surface area contributed by atoms with Crippen LogP contribution in [-0.2, 0) is 6.54 Å². The minimum atomic E-state index is 0. The normalized spacial score (nSPS) is 8.50. The van der Waals surface area contributed by atoms with Gasteiger partial charge in [-0.15, -0.1) is 0 Å². The van der Waals surface area contributed by atoms with Crippen molar-refractivity contribution in [2.75, 3.05) is 0 Å². The van der Waals surface area contributed by atoms with Crippen LogP contribution in [0.2, 0.25) is 0 Å². The summed E-state index contributed by atoms with van der Waals surface area (Å²) in [4.78, 5) is 3.91. The highest BCUT2D eigenvalue weighted by molar-refractivity contribution is 4.62. The third kappa shape index (κ3) is 3.10. The molecule has 0 aliphatic carbocycles. The average Bonchev–Trinajstić information content (AvgIpc) is 1.91. The van der Waals surface area contributed by atoms with E-state index >= 15 is 0 Å². The quantitative estimate of drug-likeness (QED) is 0.429. The molecule has 1 aromatic heterocycles. The van der Waals surface area contributed by atoms with E-state index in [0.717, 1.165) is 6.54 Å². The topological polar surface area (TPSA) is 16.8 Å². The molecule has 3 heteroatoms. The zero-order valence-electron chi connectivity index (χ0n) is 6.00. The van der Waals surface area contributed by atoms with Gasteiger partial charge in [-0.2, -0.15) is 0 Å². The first-order valence-corrected chi connectivity index (χ1v) is 3.22. The summed E-state index contributed by atoms with van der Waals surface area (Å²) in [6.45, 7) is 3.25. The van der Waals surface area contributed by atoms with Crippen LogP contribution in [0.4, 0.5) is 0 Å². The fourth-order valence-electron chi connectivity index (χ4n) is 0.755. The predicted octanol–water partition coefficient (Wildman–Crippen LogP) is -2.22. The fourth-order valence-corrected chi connectivity index (χ4v) is 0.755. The van der Waals surface area contributed by atoms with E-state index in [0.29, 0.717) is 0 Å². The van der Waals surface area contributed by atoms with Crippen LogP contribution in [0, 0.1) is 0 Å². The number of hydrogen-bond acceptors (Lipinski definition) is 1. The number of rotatable bonds is 2. The van der Waals surface area contributed by atoms with Crippen LogP contribution in [0.5, 0.6) is 0 Å². The van der Waals surface area contributed by atoms with Crippen LogP contribution in [0.3, 0.4) is 0 Å². The van der Waals surface area contributed by atoms with Gasteiger partial charge in [-0.25, -0.2) is 4.57 Å². The van der Waals surface area contributed by atoms with Crippen LogP contribution in [0.15, 0.2) is 24.8 Å². The fraction of sp³-hybridized carbons (Fsp3) is 0.429. The highest BCUT2D eigenvalue weighted by Crippen LogP contribution is 1.74. The highest BCUT2D eigenvalue weighted by atomic mass is 127. The summed E-state index contributed by atoms with van der Waals surface area (Å²) >= 11 is 0. The number of aryl methyl sites for hydroxylation is 1. The summed E-state index contributed by atoms with van der Waals surface area (Å²) in [5.41, 5.74) is 0. The molecule has 0 aliphatic heterocycles. The lowest BCUT2D eigenvalue weighted by molar-refractivity contribution is -0.697. The Morgan fingerprint density at radius 1 is 1.30 bits per heavy atom. The van der Waals surface area contributed by atoms with Crippen LogP contribution < -0.4 is 28.5 Å². The minimum absolute atomic E-state index is 0. The van der Waals surface area contributed by atoms with E-state index in [1.807, 2.05) is 12.4 Å². The molecular formula is C7H11IN2. The summed E-state index contributed by atoms with van der Waals surface area (Å²) in [5, 5.41) is 0. The molecular weight excluding hydrogens is 239 g/mol. The first-order valence-electron chi connectivity index (χ1n) is 3.22. The molecule has 0 bridgehead atoms. The van der Waals surface area contributed by atoms with Gasteiger partial charge < -0.3 is 24.0 Å². The number of nitrogens with zero attached hydrogens (tertiary/aromatic N) is 2. The molecule has 0 N–H and O–H groups in total. The van der Waals surface area contributed by atoms with Crippen molar-refractivity contribution >= 4 is 0 Å². The van der Waals surface area contributed by atoms with E-state index in [4.69, 9.17) is 0 Å². The van der Waals surface area contributed by atoms with Gasteiger partial charge in [-0.05, 0) is 0 Å². The largest absolute Gasteiger partial charge is 1.00 e. The molecule has 10 heavy (non-hydrogen) atoms. The predicted molar refractivity (Wildman–Crippen MR) is 34.7 cm³/mol. The maximum atomic E-state index is 3.91. The summed E-state index contributed by atoms with van der Waals surface area (Å²) in [5.74, 6) is 0. The molecule has 0 fully saturated rings. The van der Waals surface area contributed by atoms with Gasteiger partial charge in [0.25, 0.3) is 0 Å². The molecule has 0 saturated carbocycles. The van der Waals surface area contributed by atoms with Gasteiger partial charge in [0, 0.05) is 6.42 Å². The average molecular weight is 250 g/mol. The molecule has 1 aromatic rings. The Labute approximate surface area is 78.3 Å². The standard InChI is InChI=1S/C7H11N2.HI/c1-2-5-9-6-3-8-4-7-9;/h3-4,6-7H,2,5H2,1H3;1H/q+1;/p-1. The van der Waals surface area contributed by atoms with E-state index in [9.17, 15) is 0 Å². The van der Waals surface area contributed by atoms with E-state index in [1.54, 1.807) is 12.4 Å². The third-order valence-electron chi connectivity index (χ3n) is 1.17. The number of aromatic nitrogens is 2. The van der Waals surface area contributed by atoms with Gasteiger partial charge >= 0.3 is 0 Å². The van der Waals surface area contributed by atoms with E-state index in [-0.39, 0.29) is 24.0 Å². The minimum Gasteiger partial charge on any atom is -1.00 e. The monoisotopic (exact) mass is 250 g/mol. The molecule has 0 atom stereocenters. The zero-order valence-corrected chi connectivity index (χ0v) is 8.15. The Kier molecular flexibility index (Phi) is 5.48. The molecule has 0 spiro atoms. The van der Waals surface area contributed by atoms with Crippen molar-refractivity contribution in [3.8, 4) is 0 Å². The Morgan fingerprint density at radius 2 is 1.90 bits per heavy atom. The lowest BCUT2D eigenvalue weighted by Crippen LogP contribution is -3.00. The summed E-state index contributed by atoms with van der Waals surface area (Å²) in [7, 11) is 0. The number of hydrogen-bond donors (Lipinski definition) is 0. The molecule has 0 unspecified atom stereocenters. The molecule has 0 saturated heterocycles. The lowest BCUT2D eigenvalue weighted by atomic mass is 10.5. The van der Waals surface area contributed by atoms with E-state index in [2.05, 4.69) is 16.5 Å². The SMILES string of the molecule is CCC[n+]1ccncc1.[I-]. The van der Waals surface area contributed by atoms with Crippen molar-refractivity contribution in [2.45, 2.75) is 19.9 Å². The molecule has 0 amide bonds. The van der Waals surface area contributed by atoms with Gasteiger partial charge in [0.1, 0.15) is 6.54 Å². The Balaban J connectivity index is 0.000000810. The molecule has 0 radical (unpaired) electrons. The second-order valence-corrected chi connectivity index (χ2v) is 1.98. The Bertz CT molecular complexity index is 165. The first-order chi connectivity index (χ1) is 4.43. The maximum Gasteiger partial charge on any atom is 0.187 e. The zero-order chi connectivity index (χ0) is 6.53. The van der Waals surface area contributed by atoms with Crippen LogP contribution in [0.1, 0.15) is 13.3 Å².